The van der Waals surface area contributed by atoms with Crippen LogP contribution in [0.15, 0.2) is 16.8 Å². The van der Waals surface area contributed by atoms with Gasteiger partial charge in [-0.1, -0.05) is 0 Å². The van der Waals surface area contributed by atoms with E-state index in [2.05, 4.69) is 16.8 Å². The molecule has 17 heavy (non-hydrogen) atoms. The van der Waals surface area contributed by atoms with Crippen molar-refractivity contribution in [3.05, 3.63) is 22.4 Å². The van der Waals surface area contributed by atoms with Gasteiger partial charge in [-0.2, -0.15) is 11.3 Å². The van der Waals surface area contributed by atoms with Crippen LogP contribution in [0.5, 0.6) is 0 Å². The van der Waals surface area contributed by atoms with Gasteiger partial charge < -0.3 is 9.84 Å². The summed E-state index contributed by atoms with van der Waals surface area (Å²) in [7, 11) is 0. The first-order valence-electron chi connectivity index (χ1n) is 6.58. The molecule has 0 spiro atoms. The van der Waals surface area contributed by atoms with Crippen LogP contribution in [0.2, 0.25) is 0 Å². The van der Waals surface area contributed by atoms with Crippen molar-refractivity contribution in [3.63, 3.8) is 0 Å². The first-order valence-corrected chi connectivity index (χ1v) is 7.53. The van der Waals surface area contributed by atoms with Crippen molar-refractivity contribution in [1.82, 2.24) is 0 Å². The van der Waals surface area contributed by atoms with Gasteiger partial charge in [-0.05, 0) is 67.3 Å². The van der Waals surface area contributed by atoms with Gasteiger partial charge in [0.05, 0.1) is 12.2 Å². The predicted octanol–water partition coefficient (Wildman–Crippen LogP) is 3.25. The van der Waals surface area contributed by atoms with Gasteiger partial charge in [0.1, 0.15) is 0 Å². The molecule has 1 aromatic rings. The third-order valence-corrected chi connectivity index (χ3v) is 4.28. The normalized spacial score (nSPS) is 25.5. The molecule has 1 N–H and O–H groups in total. The van der Waals surface area contributed by atoms with Crippen LogP contribution in [0.25, 0.3) is 0 Å². The molecule has 0 aliphatic heterocycles. The lowest BCUT2D eigenvalue weighted by Gasteiger charge is -2.36. The molecule has 2 rings (SSSR count). The van der Waals surface area contributed by atoms with Gasteiger partial charge in [0.2, 0.25) is 0 Å². The summed E-state index contributed by atoms with van der Waals surface area (Å²) in [6.45, 7) is 2.86. The maximum Gasteiger partial charge on any atom is 0.0580 e. The van der Waals surface area contributed by atoms with Gasteiger partial charge in [0.25, 0.3) is 0 Å². The smallest absolute Gasteiger partial charge is 0.0580 e. The molecule has 1 heterocycles. The summed E-state index contributed by atoms with van der Waals surface area (Å²) in [5.41, 5.74) is 1.36. The van der Waals surface area contributed by atoms with Crippen LogP contribution in [-0.2, 0) is 11.2 Å². The fourth-order valence-corrected chi connectivity index (χ4v) is 3.21. The zero-order valence-corrected chi connectivity index (χ0v) is 11.3. The highest BCUT2D eigenvalue weighted by Gasteiger charge is 2.30. The average Bonchev–Trinajstić information content (AvgIpc) is 2.76. The van der Waals surface area contributed by atoms with Crippen LogP contribution < -0.4 is 0 Å². The average molecular weight is 254 g/mol. The summed E-state index contributed by atoms with van der Waals surface area (Å²) in [4.78, 5) is 0. The standard InChI is InChI=1S/C14H22O2S/c1-2-16-14-8-12(9-14)7-13(15)4-3-11-5-6-17-10-11/h5-6,10,12-15H,2-4,7-9H2,1H3. The summed E-state index contributed by atoms with van der Waals surface area (Å²) >= 11 is 1.73. The second kappa shape index (κ2) is 6.53. The minimum Gasteiger partial charge on any atom is -0.393 e. The van der Waals surface area contributed by atoms with E-state index in [0.29, 0.717) is 12.0 Å². The minimum absolute atomic E-state index is 0.137. The van der Waals surface area contributed by atoms with E-state index >= 15 is 0 Å². The molecule has 1 atom stereocenters. The zero-order valence-electron chi connectivity index (χ0n) is 10.5. The largest absolute Gasteiger partial charge is 0.393 e. The molecule has 1 aromatic heterocycles. The number of hydrogen-bond acceptors (Lipinski definition) is 3. The van der Waals surface area contributed by atoms with Crippen LogP contribution in [0, 0.1) is 5.92 Å². The SMILES string of the molecule is CCOC1CC(CC(O)CCc2ccsc2)C1. The maximum atomic E-state index is 9.96. The predicted molar refractivity (Wildman–Crippen MR) is 71.4 cm³/mol. The second-order valence-corrected chi connectivity index (χ2v) is 5.75. The Hall–Kier alpha value is -0.380. The summed E-state index contributed by atoms with van der Waals surface area (Å²) in [5.74, 6) is 0.684. The van der Waals surface area contributed by atoms with E-state index in [-0.39, 0.29) is 6.10 Å². The van der Waals surface area contributed by atoms with E-state index in [4.69, 9.17) is 4.74 Å². The van der Waals surface area contributed by atoms with E-state index in [1.54, 1.807) is 11.3 Å². The molecule has 0 amide bonds. The molecule has 0 saturated heterocycles. The van der Waals surface area contributed by atoms with Gasteiger partial charge in [0, 0.05) is 6.61 Å². The highest BCUT2D eigenvalue weighted by Crippen LogP contribution is 2.34. The number of hydrogen-bond donors (Lipinski definition) is 1. The Morgan fingerprint density at radius 2 is 2.35 bits per heavy atom. The van der Waals surface area contributed by atoms with Crippen molar-refractivity contribution in [2.24, 2.45) is 5.92 Å². The second-order valence-electron chi connectivity index (χ2n) is 4.97. The Bertz CT molecular complexity index is 304. The fraction of sp³-hybridized carbons (Fsp3) is 0.714. The van der Waals surface area contributed by atoms with Crippen molar-refractivity contribution < 1.29 is 9.84 Å². The number of aryl methyl sites for hydroxylation is 1. The van der Waals surface area contributed by atoms with Crippen molar-refractivity contribution >= 4 is 11.3 Å². The van der Waals surface area contributed by atoms with Crippen molar-refractivity contribution in [3.8, 4) is 0 Å². The van der Waals surface area contributed by atoms with Gasteiger partial charge in [0.15, 0.2) is 0 Å². The molecule has 1 fully saturated rings. The number of rotatable bonds is 7. The summed E-state index contributed by atoms with van der Waals surface area (Å²) < 4.78 is 5.53. The molecule has 1 aliphatic rings. The number of aliphatic hydroxyl groups is 1. The molecular formula is C14H22O2S. The summed E-state index contributed by atoms with van der Waals surface area (Å²) in [6, 6.07) is 2.14. The third kappa shape index (κ3) is 4.09. The highest BCUT2D eigenvalue weighted by atomic mass is 32.1. The molecule has 1 unspecified atom stereocenters. The van der Waals surface area contributed by atoms with Crippen LogP contribution in [0.4, 0.5) is 0 Å². The number of aliphatic hydroxyl groups excluding tert-OH is 1. The molecule has 0 bridgehead atoms. The lowest BCUT2D eigenvalue weighted by Crippen LogP contribution is -2.33. The molecule has 1 aliphatic carbocycles. The highest BCUT2D eigenvalue weighted by molar-refractivity contribution is 7.07. The Morgan fingerprint density at radius 1 is 1.53 bits per heavy atom. The van der Waals surface area contributed by atoms with Crippen LogP contribution in [-0.4, -0.2) is 23.9 Å². The number of thiophene rings is 1. The first kappa shape index (κ1) is 13.1. The molecule has 2 nitrogen and oxygen atoms in total. The molecule has 0 aromatic carbocycles. The van der Waals surface area contributed by atoms with Crippen LogP contribution in [0.1, 0.15) is 38.2 Å². The lowest BCUT2D eigenvalue weighted by molar-refractivity contribution is -0.0382. The summed E-state index contributed by atoms with van der Waals surface area (Å²) in [6.07, 6.45) is 5.47. The molecule has 1 saturated carbocycles. The summed E-state index contributed by atoms with van der Waals surface area (Å²) in [5, 5.41) is 14.2. The van der Waals surface area contributed by atoms with E-state index in [1.807, 2.05) is 6.92 Å². The lowest BCUT2D eigenvalue weighted by atomic mass is 9.78. The van der Waals surface area contributed by atoms with E-state index in [9.17, 15) is 5.11 Å². The van der Waals surface area contributed by atoms with Crippen LogP contribution in [0.3, 0.4) is 0 Å². The fourth-order valence-electron chi connectivity index (χ4n) is 2.51. The molecular weight excluding hydrogens is 232 g/mol. The first-order chi connectivity index (χ1) is 8.28. The van der Waals surface area contributed by atoms with Crippen LogP contribution >= 0.6 is 11.3 Å². The van der Waals surface area contributed by atoms with Crippen molar-refractivity contribution in [2.45, 2.75) is 51.2 Å². The maximum absolute atomic E-state index is 9.96. The van der Waals surface area contributed by atoms with Gasteiger partial charge >= 0.3 is 0 Å². The van der Waals surface area contributed by atoms with Gasteiger partial charge in [-0.15, -0.1) is 0 Å². The zero-order chi connectivity index (χ0) is 12.1. The Morgan fingerprint density at radius 3 is 3.00 bits per heavy atom. The molecule has 3 heteroatoms. The van der Waals surface area contributed by atoms with E-state index in [1.165, 1.54) is 5.56 Å². The van der Waals surface area contributed by atoms with Crippen molar-refractivity contribution in [2.75, 3.05) is 6.61 Å². The number of ether oxygens (including phenoxy) is 1. The Balaban J connectivity index is 1.57. The minimum atomic E-state index is -0.137. The van der Waals surface area contributed by atoms with Gasteiger partial charge in [-0.25, -0.2) is 0 Å². The quantitative estimate of drug-likeness (QED) is 0.809. The van der Waals surface area contributed by atoms with E-state index in [0.717, 1.165) is 38.7 Å². The Labute approximate surface area is 108 Å². The Kier molecular flexibility index (Phi) is 5.01. The van der Waals surface area contributed by atoms with E-state index < -0.39 is 0 Å². The third-order valence-electron chi connectivity index (χ3n) is 3.55. The molecule has 0 radical (unpaired) electrons. The monoisotopic (exact) mass is 254 g/mol. The topological polar surface area (TPSA) is 29.5 Å². The van der Waals surface area contributed by atoms with Crippen molar-refractivity contribution in [1.29, 1.82) is 0 Å². The molecule has 96 valence electrons. The van der Waals surface area contributed by atoms with Gasteiger partial charge in [-0.3, -0.25) is 0 Å².